The molecule has 0 bridgehead atoms. The summed E-state index contributed by atoms with van der Waals surface area (Å²) in [6.45, 7) is 11.5. The van der Waals surface area contributed by atoms with Crippen molar-refractivity contribution in [1.29, 1.82) is 0 Å². The maximum absolute atomic E-state index is 12.4. The van der Waals surface area contributed by atoms with Gasteiger partial charge in [0.15, 0.2) is 0 Å². The van der Waals surface area contributed by atoms with E-state index in [1.807, 2.05) is 27.7 Å². The van der Waals surface area contributed by atoms with E-state index in [1.165, 1.54) is 0 Å². The van der Waals surface area contributed by atoms with Crippen molar-refractivity contribution in [3.8, 4) is 0 Å². The van der Waals surface area contributed by atoms with Gasteiger partial charge >= 0.3 is 0 Å². The first-order chi connectivity index (χ1) is 16.6. The number of ether oxygens (including phenoxy) is 1. The summed E-state index contributed by atoms with van der Waals surface area (Å²) in [5, 5.41) is 5.69. The fraction of sp³-hybridized carbons (Fsp3) is 0.760. The van der Waals surface area contributed by atoms with Gasteiger partial charge in [0.1, 0.15) is 0 Å². The summed E-state index contributed by atoms with van der Waals surface area (Å²) in [6, 6.07) is 0. The Morgan fingerprint density at radius 3 is 1.78 bits per heavy atom. The molecule has 0 aromatic carbocycles. The lowest BCUT2D eigenvalue weighted by Gasteiger charge is -2.30. The SMILES string of the molecule is CC1CC(=O)N(CCC(=O)NCC(C)(C)OCCC(C)(C)NC(=O)CCN2C(=O)CC(C)C2=O)C1=O. The predicted octanol–water partition coefficient (Wildman–Crippen LogP) is 0.753. The summed E-state index contributed by atoms with van der Waals surface area (Å²) in [6.07, 6.45) is 0.963. The maximum atomic E-state index is 12.4. The molecular formula is C25H40N4O7. The average molecular weight is 509 g/mol. The lowest BCUT2D eigenvalue weighted by Crippen LogP contribution is -2.47. The third kappa shape index (κ3) is 8.39. The van der Waals surface area contributed by atoms with Crippen LogP contribution in [0.25, 0.3) is 0 Å². The third-order valence-corrected chi connectivity index (χ3v) is 6.47. The van der Waals surface area contributed by atoms with Crippen LogP contribution in [0.5, 0.6) is 0 Å². The summed E-state index contributed by atoms with van der Waals surface area (Å²) >= 11 is 0. The first-order valence-electron chi connectivity index (χ1n) is 12.5. The van der Waals surface area contributed by atoms with Gasteiger partial charge in [-0.3, -0.25) is 38.6 Å². The van der Waals surface area contributed by atoms with E-state index in [2.05, 4.69) is 10.6 Å². The van der Waals surface area contributed by atoms with E-state index in [0.29, 0.717) is 13.0 Å². The fourth-order valence-corrected chi connectivity index (χ4v) is 4.13. The molecule has 2 fully saturated rings. The Morgan fingerprint density at radius 1 is 0.861 bits per heavy atom. The smallest absolute Gasteiger partial charge is 0.232 e. The minimum atomic E-state index is -0.670. The van der Waals surface area contributed by atoms with E-state index < -0.39 is 11.1 Å². The normalized spacial score (nSPS) is 20.9. The zero-order valence-corrected chi connectivity index (χ0v) is 22.3. The molecule has 36 heavy (non-hydrogen) atoms. The molecule has 2 rings (SSSR count). The number of hydrogen-bond donors (Lipinski definition) is 2. The lowest BCUT2D eigenvalue weighted by molar-refractivity contribution is -0.141. The second-order valence-corrected chi connectivity index (χ2v) is 11.0. The largest absolute Gasteiger partial charge is 0.374 e. The van der Waals surface area contributed by atoms with Crippen molar-refractivity contribution in [3.63, 3.8) is 0 Å². The Hall–Kier alpha value is -2.82. The number of nitrogens with one attached hydrogen (secondary N) is 2. The Bertz CT molecular complexity index is 899. The fourth-order valence-electron chi connectivity index (χ4n) is 4.13. The minimum Gasteiger partial charge on any atom is -0.374 e. The first-order valence-corrected chi connectivity index (χ1v) is 12.5. The standard InChI is InChI=1S/C25H40N4O7/c1-16-13-20(32)28(22(16)34)10-7-18(30)26-15-25(5,6)36-12-9-24(3,4)27-19(31)8-11-29-21(33)14-17(2)23(29)35/h16-17H,7-15H2,1-6H3,(H,26,30)(H,27,31). The van der Waals surface area contributed by atoms with Crippen molar-refractivity contribution in [2.45, 2.75) is 84.8 Å². The maximum Gasteiger partial charge on any atom is 0.232 e. The van der Waals surface area contributed by atoms with Gasteiger partial charge in [0.2, 0.25) is 35.4 Å². The number of amides is 6. The van der Waals surface area contributed by atoms with E-state index in [1.54, 1.807) is 13.8 Å². The number of carbonyl (C=O) groups is 6. The van der Waals surface area contributed by atoms with E-state index in [-0.39, 0.29) is 92.6 Å². The molecule has 0 aliphatic carbocycles. The molecule has 202 valence electrons. The number of hydrogen-bond acceptors (Lipinski definition) is 7. The molecule has 0 aromatic heterocycles. The number of likely N-dealkylation sites (tertiary alicyclic amines) is 2. The minimum absolute atomic E-state index is 0.0346. The number of rotatable bonds is 13. The van der Waals surface area contributed by atoms with Crippen LogP contribution < -0.4 is 10.6 Å². The summed E-state index contributed by atoms with van der Waals surface area (Å²) in [4.78, 5) is 74.5. The van der Waals surface area contributed by atoms with Gasteiger partial charge in [0, 0.05) is 69.3 Å². The Balaban J connectivity index is 1.66. The molecular weight excluding hydrogens is 468 g/mol. The summed E-state index contributed by atoms with van der Waals surface area (Å²) in [5.41, 5.74) is -1.24. The molecule has 2 atom stereocenters. The molecule has 2 aliphatic heterocycles. The van der Waals surface area contributed by atoms with Crippen LogP contribution in [0.4, 0.5) is 0 Å². The molecule has 0 saturated carbocycles. The number of nitrogens with zero attached hydrogens (tertiary/aromatic N) is 2. The predicted molar refractivity (Wildman–Crippen MR) is 130 cm³/mol. The second-order valence-electron chi connectivity index (χ2n) is 11.0. The molecule has 2 aliphatic rings. The molecule has 0 spiro atoms. The second kappa shape index (κ2) is 11.9. The molecule has 2 unspecified atom stereocenters. The molecule has 6 amide bonds. The van der Waals surface area contributed by atoms with Crippen molar-refractivity contribution in [1.82, 2.24) is 20.4 Å². The van der Waals surface area contributed by atoms with Crippen LogP contribution in [-0.2, 0) is 33.5 Å². The van der Waals surface area contributed by atoms with Gasteiger partial charge in [-0.1, -0.05) is 13.8 Å². The van der Waals surface area contributed by atoms with Crippen molar-refractivity contribution < 1.29 is 33.5 Å². The van der Waals surface area contributed by atoms with Gasteiger partial charge in [0.25, 0.3) is 0 Å². The highest BCUT2D eigenvalue weighted by molar-refractivity contribution is 6.04. The van der Waals surface area contributed by atoms with Crippen LogP contribution in [0.15, 0.2) is 0 Å². The number of imide groups is 2. The highest BCUT2D eigenvalue weighted by atomic mass is 16.5. The molecule has 2 heterocycles. The van der Waals surface area contributed by atoms with Crippen LogP contribution in [0.3, 0.4) is 0 Å². The highest BCUT2D eigenvalue weighted by Gasteiger charge is 2.36. The van der Waals surface area contributed by atoms with Crippen molar-refractivity contribution >= 4 is 35.4 Å². The number of carbonyl (C=O) groups excluding carboxylic acids is 6. The third-order valence-electron chi connectivity index (χ3n) is 6.47. The van der Waals surface area contributed by atoms with Gasteiger partial charge < -0.3 is 15.4 Å². The van der Waals surface area contributed by atoms with Crippen LogP contribution in [0.2, 0.25) is 0 Å². The van der Waals surface area contributed by atoms with Gasteiger partial charge in [0.05, 0.1) is 5.60 Å². The van der Waals surface area contributed by atoms with E-state index in [4.69, 9.17) is 4.74 Å². The van der Waals surface area contributed by atoms with Crippen LogP contribution >= 0.6 is 0 Å². The van der Waals surface area contributed by atoms with Gasteiger partial charge in [-0.2, -0.15) is 0 Å². The molecule has 2 N–H and O–H groups in total. The van der Waals surface area contributed by atoms with E-state index in [0.717, 1.165) is 9.80 Å². The summed E-state index contributed by atoms with van der Waals surface area (Å²) < 4.78 is 5.92. The van der Waals surface area contributed by atoms with Crippen LogP contribution in [0.1, 0.15) is 73.6 Å². The average Bonchev–Trinajstić information content (AvgIpc) is 3.15. The molecule has 0 radical (unpaired) electrons. The monoisotopic (exact) mass is 508 g/mol. The zero-order valence-electron chi connectivity index (χ0n) is 22.3. The molecule has 2 saturated heterocycles. The lowest BCUT2D eigenvalue weighted by atomic mass is 10.0. The molecule has 11 heteroatoms. The van der Waals surface area contributed by atoms with Crippen molar-refractivity contribution in [2.24, 2.45) is 11.8 Å². The van der Waals surface area contributed by atoms with Crippen molar-refractivity contribution in [2.75, 3.05) is 26.2 Å². The first kappa shape index (κ1) is 29.4. The Morgan fingerprint density at radius 2 is 1.33 bits per heavy atom. The molecule has 0 aromatic rings. The molecule has 11 nitrogen and oxygen atoms in total. The van der Waals surface area contributed by atoms with Gasteiger partial charge in [-0.25, -0.2) is 0 Å². The Kier molecular flexibility index (Phi) is 9.76. The van der Waals surface area contributed by atoms with Crippen LogP contribution in [0, 0.1) is 11.8 Å². The quantitative estimate of drug-likeness (QED) is 0.350. The van der Waals surface area contributed by atoms with E-state index >= 15 is 0 Å². The van der Waals surface area contributed by atoms with Crippen molar-refractivity contribution in [3.05, 3.63) is 0 Å². The summed E-state index contributed by atoms with van der Waals surface area (Å²) in [5.74, 6) is -2.14. The topological polar surface area (TPSA) is 142 Å². The van der Waals surface area contributed by atoms with E-state index in [9.17, 15) is 28.8 Å². The Labute approximate surface area is 212 Å². The highest BCUT2D eigenvalue weighted by Crippen LogP contribution is 2.20. The zero-order chi connectivity index (χ0) is 27.3. The van der Waals surface area contributed by atoms with Crippen LogP contribution in [-0.4, -0.2) is 82.6 Å². The van der Waals surface area contributed by atoms with Gasteiger partial charge in [-0.05, 0) is 34.1 Å². The van der Waals surface area contributed by atoms with Gasteiger partial charge in [-0.15, -0.1) is 0 Å². The summed E-state index contributed by atoms with van der Waals surface area (Å²) in [7, 11) is 0.